The van der Waals surface area contributed by atoms with E-state index in [4.69, 9.17) is 14.2 Å². The Morgan fingerprint density at radius 3 is 1.22 bits per heavy atom. The second-order valence-electron chi connectivity index (χ2n) is 25.3. The lowest BCUT2D eigenvalue weighted by atomic mass is 9.99. The van der Waals surface area contributed by atoms with E-state index in [1.807, 2.05) is 6.08 Å². The average Bonchev–Trinajstić information content (AvgIpc) is 1.52. The van der Waals surface area contributed by atoms with Crippen LogP contribution in [0.2, 0.25) is 0 Å². The summed E-state index contributed by atoms with van der Waals surface area (Å²) in [6.07, 6.45) is 72.2. The van der Waals surface area contributed by atoms with Crippen LogP contribution in [0.4, 0.5) is 0 Å². The van der Waals surface area contributed by atoms with Crippen molar-refractivity contribution < 1.29 is 49.3 Å². The minimum absolute atomic E-state index is 0.121. The van der Waals surface area contributed by atoms with Crippen molar-refractivity contribution in [3.63, 3.8) is 0 Å². The molecule has 0 aromatic heterocycles. The average molecular weight is 1220 g/mol. The van der Waals surface area contributed by atoms with Gasteiger partial charge in [-0.15, -0.1) is 0 Å². The van der Waals surface area contributed by atoms with Crippen molar-refractivity contribution in [2.75, 3.05) is 13.2 Å². The van der Waals surface area contributed by atoms with Gasteiger partial charge in [-0.1, -0.05) is 306 Å². The summed E-state index contributed by atoms with van der Waals surface area (Å²) < 4.78 is 17.7. The molecule has 0 aromatic rings. The maximum absolute atomic E-state index is 13.5. The number of hydrogen-bond donors (Lipinski definition) is 6. The number of amides is 1. The Kier molecular flexibility index (Phi) is 59.7. The fraction of sp³-hybridized carbons (Fsp3) is 0.816. The number of aliphatic hydroxyl groups is 5. The molecule has 0 bridgehead atoms. The first-order chi connectivity index (χ1) is 42.7. The van der Waals surface area contributed by atoms with Gasteiger partial charge in [-0.2, -0.15) is 0 Å². The third kappa shape index (κ3) is 50.4. The van der Waals surface area contributed by atoms with E-state index in [9.17, 15) is 35.1 Å². The van der Waals surface area contributed by atoms with Crippen LogP contribution in [0.3, 0.4) is 0 Å². The van der Waals surface area contributed by atoms with E-state index >= 15 is 0 Å². The van der Waals surface area contributed by atoms with E-state index in [1.165, 1.54) is 205 Å². The molecule has 1 fully saturated rings. The highest BCUT2D eigenvalue weighted by atomic mass is 16.7. The SMILES string of the molecule is CCCCC/C=C\C/C=C\C/C=C\C/C=C\CCCCCCCCCCCCC(O)C(=O)NC(COC1OC(CO)C(O)C(O)C1OC(=O)CCCCCCCCCCC/C=C/CCCCCCCC)C(O)/C=C/CCCCCCCCCCCCC. The number of nitrogens with one attached hydrogen (secondary N) is 1. The molecule has 1 heterocycles. The zero-order valence-corrected chi connectivity index (χ0v) is 56.4. The fourth-order valence-electron chi connectivity index (χ4n) is 11.3. The van der Waals surface area contributed by atoms with E-state index in [0.717, 1.165) is 83.5 Å². The topological polar surface area (TPSA) is 175 Å². The van der Waals surface area contributed by atoms with Gasteiger partial charge >= 0.3 is 5.97 Å². The number of unbranched alkanes of at least 4 members (excludes halogenated alkanes) is 39. The van der Waals surface area contributed by atoms with Gasteiger partial charge in [0.2, 0.25) is 5.91 Å². The molecule has 1 rings (SSSR count). The van der Waals surface area contributed by atoms with Crippen LogP contribution in [-0.2, 0) is 23.8 Å². The summed E-state index contributed by atoms with van der Waals surface area (Å²) >= 11 is 0. The van der Waals surface area contributed by atoms with Crippen LogP contribution in [0.15, 0.2) is 72.9 Å². The maximum Gasteiger partial charge on any atom is 0.306 e. The summed E-state index contributed by atoms with van der Waals surface area (Å²) in [6.45, 7) is 5.80. The van der Waals surface area contributed by atoms with Crippen molar-refractivity contribution in [1.82, 2.24) is 5.32 Å². The third-order valence-corrected chi connectivity index (χ3v) is 17.1. The molecule has 0 saturated carbocycles. The minimum atomic E-state index is -1.62. The molecule has 0 radical (unpaired) electrons. The van der Waals surface area contributed by atoms with Gasteiger partial charge in [-0.05, 0) is 96.3 Å². The molecule has 1 aliphatic heterocycles. The van der Waals surface area contributed by atoms with Crippen molar-refractivity contribution in [2.45, 2.75) is 384 Å². The van der Waals surface area contributed by atoms with Gasteiger partial charge in [-0.3, -0.25) is 9.59 Å². The molecule has 11 heteroatoms. The van der Waals surface area contributed by atoms with Crippen LogP contribution in [-0.4, -0.2) is 99.6 Å². The van der Waals surface area contributed by atoms with E-state index < -0.39 is 67.4 Å². The van der Waals surface area contributed by atoms with Gasteiger partial charge < -0.3 is 45.1 Å². The Morgan fingerprint density at radius 1 is 0.448 bits per heavy atom. The van der Waals surface area contributed by atoms with Crippen molar-refractivity contribution in [3.8, 4) is 0 Å². The van der Waals surface area contributed by atoms with Gasteiger partial charge in [0.25, 0.3) is 0 Å². The number of carbonyl (C=O) groups excluding carboxylic acids is 2. The van der Waals surface area contributed by atoms with E-state index in [2.05, 4.69) is 86.8 Å². The number of esters is 1. The van der Waals surface area contributed by atoms with Crippen molar-refractivity contribution in [3.05, 3.63) is 72.9 Å². The van der Waals surface area contributed by atoms with E-state index in [1.54, 1.807) is 6.08 Å². The fourth-order valence-corrected chi connectivity index (χ4v) is 11.3. The Bertz CT molecular complexity index is 1690. The molecule has 0 aromatic carbocycles. The lowest BCUT2D eigenvalue weighted by Gasteiger charge is -2.41. The summed E-state index contributed by atoms with van der Waals surface area (Å²) in [5, 5.41) is 57.3. The van der Waals surface area contributed by atoms with Crippen LogP contribution < -0.4 is 5.32 Å². The summed E-state index contributed by atoms with van der Waals surface area (Å²) in [6, 6.07) is -1.03. The lowest BCUT2D eigenvalue weighted by molar-refractivity contribution is -0.305. The van der Waals surface area contributed by atoms with Gasteiger partial charge in [0.05, 0.1) is 25.4 Å². The smallest absolute Gasteiger partial charge is 0.306 e. The van der Waals surface area contributed by atoms with Crippen LogP contribution in [0, 0.1) is 0 Å². The molecule has 8 unspecified atom stereocenters. The molecule has 11 nitrogen and oxygen atoms in total. The zero-order chi connectivity index (χ0) is 63.1. The second-order valence-corrected chi connectivity index (χ2v) is 25.3. The summed E-state index contributed by atoms with van der Waals surface area (Å²) in [5.41, 5.74) is 0. The first-order valence-corrected chi connectivity index (χ1v) is 36.7. The largest absolute Gasteiger partial charge is 0.454 e. The molecule has 1 amide bonds. The number of ether oxygens (including phenoxy) is 3. The Hall–Kier alpha value is -2.90. The molecule has 8 atom stereocenters. The van der Waals surface area contributed by atoms with Crippen LogP contribution >= 0.6 is 0 Å². The standard InChI is InChI=1S/C76H137NO10/c1-4-7-10-13-16-19-22-25-27-29-31-32-33-34-35-36-37-39-40-42-45-48-51-54-57-60-63-69(80)75(84)77-67(68(79)62-59-56-53-50-47-44-24-21-18-15-12-9-6-3)66-85-76-74(73(83)72(82)70(65-78)86-76)87-71(81)64-61-58-55-52-49-46-43-41-38-30-28-26-23-20-17-14-11-8-5-2/h16,19,25-28,31-32,34-35,59,62,67-70,72-74,76,78-80,82-83H,4-15,17-18,20-24,29-30,33,36-58,60-61,63-66H2,1-3H3,(H,77,84)/b19-16-,27-25-,28-26+,32-31-,35-34-,62-59+. The first kappa shape index (κ1) is 82.1. The second kappa shape index (κ2) is 63.3. The molecule has 1 aliphatic rings. The van der Waals surface area contributed by atoms with Crippen LogP contribution in [0.25, 0.3) is 0 Å². The Labute approximate surface area is 534 Å². The first-order valence-electron chi connectivity index (χ1n) is 36.7. The molecular weight excluding hydrogens is 1090 g/mol. The van der Waals surface area contributed by atoms with Crippen molar-refractivity contribution in [2.24, 2.45) is 0 Å². The van der Waals surface area contributed by atoms with E-state index in [-0.39, 0.29) is 19.4 Å². The normalized spacial score (nSPS) is 18.6. The third-order valence-electron chi connectivity index (χ3n) is 17.1. The number of aliphatic hydroxyl groups excluding tert-OH is 5. The predicted octanol–water partition coefficient (Wildman–Crippen LogP) is 19.1. The Balaban J connectivity index is 2.58. The monoisotopic (exact) mass is 1220 g/mol. The molecular formula is C76H137NO10. The van der Waals surface area contributed by atoms with Crippen LogP contribution in [0.5, 0.6) is 0 Å². The molecule has 506 valence electrons. The van der Waals surface area contributed by atoms with Crippen LogP contribution in [0.1, 0.15) is 335 Å². The predicted molar refractivity (Wildman–Crippen MR) is 366 cm³/mol. The summed E-state index contributed by atoms with van der Waals surface area (Å²) in [4.78, 5) is 26.7. The Morgan fingerprint density at radius 2 is 0.793 bits per heavy atom. The molecule has 0 aliphatic carbocycles. The molecule has 1 saturated heterocycles. The van der Waals surface area contributed by atoms with Gasteiger partial charge in [0, 0.05) is 6.42 Å². The molecule has 6 N–H and O–H groups in total. The number of hydrogen-bond acceptors (Lipinski definition) is 10. The molecule has 0 spiro atoms. The van der Waals surface area contributed by atoms with E-state index in [0.29, 0.717) is 12.8 Å². The highest BCUT2D eigenvalue weighted by Crippen LogP contribution is 2.26. The highest BCUT2D eigenvalue weighted by molar-refractivity contribution is 5.80. The lowest BCUT2D eigenvalue weighted by Crippen LogP contribution is -2.61. The van der Waals surface area contributed by atoms with Crippen molar-refractivity contribution in [1.29, 1.82) is 0 Å². The summed E-state index contributed by atoms with van der Waals surface area (Å²) in [7, 11) is 0. The van der Waals surface area contributed by atoms with Gasteiger partial charge in [-0.25, -0.2) is 0 Å². The number of rotatable bonds is 63. The minimum Gasteiger partial charge on any atom is -0.454 e. The zero-order valence-electron chi connectivity index (χ0n) is 56.4. The highest BCUT2D eigenvalue weighted by Gasteiger charge is 2.47. The maximum atomic E-state index is 13.5. The number of carbonyl (C=O) groups is 2. The van der Waals surface area contributed by atoms with Gasteiger partial charge in [0.1, 0.15) is 24.4 Å². The number of allylic oxidation sites excluding steroid dienone is 11. The molecule has 87 heavy (non-hydrogen) atoms. The summed E-state index contributed by atoms with van der Waals surface area (Å²) in [5.74, 6) is -1.19. The van der Waals surface area contributed by atoms with Crippen molar-refractivity contribution >= 4 is 11.9 Å². The quantitative estimate of drug-likeness (QED) is 0.0195. The van der Waals surface area contributed by atoms with Gasteiger partial charge in [0.15, 0.2) is 12.4 Å².